The summed E-state index contributed by atoms with van der Waals surface area (Å²) in [5, 5.41) is 7.10. The van der Waals surface area contributed by atoms with Gasteiger partial charge in [-0.15, -0.1) is 11.3 Å². The number of nitrogens with zero attached hydrogens (tertiary/aromatic N) is 3. The van der Waals surface area contributed by atoms with Gasteiger partial charge in [-0.1, -0.05) is 6.92 Å². The van der Waals surface area contributed by atoms with Gasteiger partial charge in [0.05, 0.1) is 23.2 Å². The summed E-state index contributed by atoms with van der Waals surface area (Å²) in [6.07, 6.45) is 2.06. The molecule has 0 saturated carbocycles. The van der Waals surface area contributed by atoms with Crippen LogP contribution in [0.4, 0.5) is 5.00 Å². The second kappa shape index (κ2) is 8.00. The lowest BCUT2D eigenvalue weighted by Crippen LogP contribution is -2.15. The summed E-state index contributed by atoms with van der Waals surface area (Å²) in [5.74, 6) is -1.80. The van der Waals surface area contributed by atoms with Crippen LogP contribution in [0.25, 0.3) is 5.65 Å². The number of esters is 1. The predicted octanol–water partition coefficient (Wildman–Crippen LogP) is 2.63. The molecule has 0 aliphatic carbocycles. The molecule has 9 nitrogen and oxygen atoms in total. The van der Waals surface area contributed by atoms with Gasteiger partial charge in [0.2, 0.25) is 0 Å². The van der Waals surface area contributed by atoms with E-state index < -0.39 is 17.8 Å². The minimum Gasteiger partial charge on any atom is -0.462 e. The average Bonchev–Trinajstić information content (AvgIpc) is 3.21. The van der Waals surface area contributed by atoms with Crippen molar-refractivity contribution in [2.24, 2.45) is 5.73 Å². The van der Waals surface area contributed by atoms with E-state index in [4.69, 9.17) is 10.5 Å². The number of carbonyl (C=O) groups is 3. The van der Waals surface area contributed by atoms with Crippen LogP contribution >= 0.6 is 11.3 Å². The summed E-state index contributed by atoms with van der Waals surface area (Å²) in [4.78, 5) is 41.7. The Labute approximate surface area is 170 Å². The fraction of sp³-hybridized carbons (Fsp3) is 0.316. The van der Waals surface area contributed by atoms with Crippen LogP contribution in [0.1, 0.15) is 60.7 Å². The Hall–Kier alpha value is -3.27. The molecule has 0 saturated heterocycles. The number of aromatic nitrogens is 3. The topological polar surface area (TPSA) is 129 Å². The van der Waals surface area contributed by atoms with Crippen LogP contribution in [-0.2, 0) is 4.74 Å². The summed E-state index contributed by atoms with van der Waals surface area (Å²) < 4.78 is 6.76. The molecule has 0 radical (unpaired) electrons. The maximum Gasteiger partial charge on any atom is 0.341 e. The molecule has 0 aliphatic rings. The molecule has 152 valence electrons. The van der Waals surface area contributed by atoms with Crippen molar-refractivity contribution in [2.45, 2.75) is 34.1 Å². The highest BCUT2D eigenvalue weighted by Gasteiger charge is 2.27. The fourth-order valence-corrected chi connectivity index (χ4v) is 3.99. The van der Waals surface area contributed by atoms with E-state index in [1.165, 1.54) is 6.20 Å². The Kier molecular flexibility index (Phi) is 5.64. The molecule has 3 rings (SSSR count). The highest BCUT2D eigenvalue weighted by Crippen LogP contribution is 2.34. The van der Waals surface area contributed by atoms with Crippen molar-refractivity contribution in [3.63, 3.8) is 0 Å². The number of primary amides is 1. The molecule has 0 spiro atoms. The zero-order valence-electron chi connectivity index (χ0n) is 16.5. The maximum atomic E-state index is 12.9. The number of nitrogens with one attached hydrogen (secondary N) is 1. The van der Waals surface area contributed by atoms with Crippen LogP contribution in [-0.4, -0.2) is 39.0 Å². The first-order chi connectivity index (χ1) is 13.7. The van der Waals surface area contributed by atoms with Crippen molar-refractivity contribution in [1.29, 1.82) is 0 Å². The minimum absolute atomic E-state index is 0.127. The molecular weight excluding hydrogens is 394 g/mol. The number of carbonyl (C=O) groups excluding carboxylic acids is 3. The lowest BCUT2D eigenvalue weighted by atomic mass is 10.1. The van der Waals surface area contributed by atoms with Gasteiger partial charge in [-0.25, -0.2) is 14.3 Å². The Morgan fingerprint density at radius 3 is 2.66 bits per heavy atom. The zero-order chi connectivity index (χ0) is 21.3. The van der Waals surface area contributed by atoms with Crippen LogP contribution in [0.5, 0.6) is 0 Å². The first-order valence-electron chi connectivity index (χ1n) is 8.98. The third-order valence-corrected chi connectivity index (χ3v) is 5.48. The third-order valence-electron chi connectivity index (χ3n) is 4.26. The van der Waals surface area contributed by atoms with Crippen molar-refractivity contribution in [2.75, 3.05) is 11.9 Å². The van der Waals surface area contributed by atoms with Crippen molar-refractivity contribution >= 4 is 39.8 Å². The fourth-order valence-electron chi connectivity index (χ4n) is 2.95. The summed E-state index contributed by atoms with van der Waals surface area (Å²) in [5.41, 5.74) is 8.15. The van der Waals surface area contributed by atoms with Crippen molar-refractivity contribution < 1.29 is 19.1 Å². The van der Waals surface area contributed by atoms with E-state index in [2.05, 4.69) is 15.4 Å². The summed E-state index contributed by atoms with van der Waals surface area (Å²) in [6.45, 7) is 7.38. The Morgan fingerprint density at radius 2 is 2.00 bits per heavy atom. The largest absolute Gasteiger partial charge is 0.462 e. The number of thiophene rings is 1. The second-order valence-electron chi connectivity index (χ2n) is 6.55. The van der Waals surface area contributed by atoms with Crippen molar-refractivity contribution in [3.8, 4) is 0 Å². The highest BCUT2D eigenvalue weighted by molar-refractivity contribution is 7.18. The first-order valence-corrected chi connectivity index (χ1v) is 9.79. The molecule has 0 unspecified atom stereocenters. The van der Waals surface area contributed by atoms with E-state index in [1.807, 2.05) is 26.8 Å². The zero-order valence-corrected chi connectivity index (χ0v) is 17.3. The number of fused-ring (bicyclic) bond motifs is 1. The van der Waals surface area contributed by atoms with E-state index in [-0.39, 0.29) is 27.6 Å². The molecule has 10 heteroatoms. The van der Waals surface area contributed by atoms with E-state index in [0.717, 1.165) is 22.7 Å². The lowest BCUT2D eigenvalue weighted by Gasteiger charge is -2.07. The number of amides is 2. The van der Waals surface area contributed by atoms with E-state index >= 15 is 0 Å². The SMILES string of the molecule is CCCOC(=O)c1c(NC(=O)c2cnn3c(C)cc(C)nc23)sc(C(N)=O)c1C. The van der Waals surface area contributed by atoms with Crippen molar-refractivity contribution in [1.82, 2.24) is 14.6 Å². The molecule has 3 heterocycles. The average molecular weight is 415 g/mol. The van der Waals surface area contributed by atoms with Gasteiger partial charge in [-0.05, 0) is 38.8 Å². The van der Waals surface area contributed by atoms with Gasteiger partial charge in [0, 0.05) is 11.4 Å². The number of rotatable bonds is 6. The summed E-state index contributed by atoms with van der Waals surface area (Å²) in [6, 6.07) is 1.85. The Balaban J connectivity index is 2.01. The molecule has 3 N–H and O–H groups in total. The van der Waals surface area contributed by atoms with E-state index in [1.54, 1.807) is 11.4 Å². The van der Waals surface area contributed by atoms with Crippen LogP contribution in [0.3, 0.4) is 0 Å². The van der Waals surface area contributed by atoms with Gasteiger partial charge in [-0.3, -0.25) is 9.59 Å². The van der Waals surface area contributed by atoms with Gasteiger partial charge in [0.25, 0.3) is 11.8 Å². The molecule has 0 aliphatic heterocycles. The molecule has 0 aromatic carbocycles. The van der Waals surface area contributed by atoms with E-state index in [0.29, 0.717) is 17.6 Å². The molecule has 3 aromatic rings. The Morgan fingerprint density at radius 1 is 1.28 bits per heavy atom. The smallest absolute Gasteiger partial charge is 0.341 e. The molecule has 0 atom stereocenters. The number of hydrogen-bond donors (Lipinski definition) is 2. The highest BCUT2D eigenvalue weighted by atomic mass is 32.1. The summed E-state index contributed by atoms with van der Waals surface area (Å²) in [7, 11) is 0. The number of anilines is 1. The molecule has 29 heavy (non-hydrogen) atoms. The molecular formula is C19H21N5O4S. The molecule has 0 bridgehead atoms. The number of nitrogens with two attached hydrogens (primary N) is 1. The van der Waals surface area contributed by atoms with E-state index in [9.17, 15) is 14.4 Å². The van der Waals surface area contributed by atoms with Gasteiger partial charge >= 0.3 is 5.97 Å². The summed E-state index contributed by atoms with van der Waals surface area (Å²) >= 11 is 0.938. The van der Waals surface area contributed by atoms with Crippen LogP contribution < -0.4 is 11.1 Å². The van der Waals surface area contributed by atoms with Crippen LogP contribution in [0, 0.1) is 20.8 Å². The van der Waals surface area contributed by atoms with Gasteiger partial charge < -0.3 is 15.8 Å². The minimum atomic E-state index is -0.679. The third kappa shape index (κ3) is 3.83. The number of aryl methyl sites for hydroxylation is 2. The van der Waals surface area contributed by atoms with Crippen LogP contribution in [0.2, 0.25) is 0 Å². The second-order valence-corrected chi connectivity index (χ2v) is 7.57. The van der Waals surface area contributed by atoms with Crippen molar-refractivity contribution in [3.05, 3.63) is 45.2 Å². The molecule has 3 aromatic heterocycles. The normalized spacial score (nSPS) is 10.9. The van der Waals surface area contributed by atoms with Gasteiger partial charge in [-0.2, -0.15) is 5.10 Å². The van der Waals surface area contributed by atoms with Gasteiger partial charge in [0.1, 0.15) is 10.6 Å². The van der Waals surface area contributed by atoms with Gasteiger partial charge in [0.15, 0.2) is 5.65 Å². The quantitative estimate of drug-likeness (QED) is 0.596. The maximum absolute atomic E-state index is 12.9. The number of hydrogen-bond acceptors (Lipinski definition) is 7. The monoisotopic (exact) mass is 415 g/mol. The predicted molar refractivity (Wildman–Crippen MR) is 109 cm³/mol. The molecule has 2 amide bonds. The standard InChI is InChI=1S/C19H21N5O4S/c1-5-6-28-19(27)13-11(4)14(15(20)25)29-18(13)23-17(26)12-8-21-24-10(3)7-9(2)22-16(12)24/h7-8H,5-6H2,1-4H3,(H2,20,25)(H,23,26). The lowest BCUT2D eigenvalue weighted by molar-refractivity contribution is 0.0506. The van der Waals surface area contributed by atoms with Crippen LogP contribution in [0.15, 0.2) is 12.3 Å². The Bertz CT molecular complexity index is 1130. The first kappa shape index (κ1) is 20.5. The number of ether oxygens (including phenoxy) is 1. The molecule has 0 fully saturated rings.